The smallest absolute Gasteiger partial charge is 0.0619 e. The number of hydrogen-bond acceptors (Lipinski definition) is 0. The molecule has 354 valence electrons. The molecular weight excluding hydrogens is 921 g/mol. The molecule has 0 saturated heterocycles. The first kappa shape index (κ1) is 42.4. The molecule has 16 rings (SSSR count). The third-order valence-electron chi connectivity index (χ3n) is 15.9. The van der Waals surface area contributed by atoms with Gasteiger partial charge in [0.05, 0.1) is 44.1 Å². The highest BCUT2D eigenvalue weighted by molar-refractivity contribution is 6.19. The first-order valence-corrected chi connectivity index (χ1v) is 26.2. The quantitative estimate of drug-likeness (QED) is 0.152. The van der Waals surface area contributed by atoms with Gasteiger partial charge in [0.15, 0.2) is 0 Å². The molecule has 12 aromatic carbocycles. The summed E-state index contributed by atoms with van der Waals surface area (Å²) >= 11 is 0. The average Bonchev–Trinajstić information content (AvgIpc) is 4.36. The minimum absolute atomic E-state index is 1.12. The van der Waals surface area contributed by atoms with Crippen molar-refractivity contribution < 1.29 is 0 Å². The summed E-state index contributed by atoms with van der Waals surface area (Å²) in [5.41, 5.74) is 21.1. The van der Waals surface area contributed by atoms with Crippen LogP contribution in [-0.2, 0) is 0 Å². The molecule has 4 aromatic heterocycles. The maximum atomic E-state index is 2.50. The molecule has 0 unspecified atom stereocenters. The van der Waals surface area contributed by atoms with Crippen LogP contribution in [0.4, 0.5) is 0 Å². The van der Waals surface area contributed by atoms with Crippen molar-refractivity contribution in [1.82, 2.24) is 18.3 Å². The minimum Gasteiger partial charge on any atom is -0.309 e. The Hall–Kier alpha value is -10.2. The van der Waals surface area contributed by atoms with Gasteiger partial charge in [-0.05, 0) is 155 Å². The maximum Gasteiger partial charge on any atom is 0.0619 e. The van der Waals surface area contributed by atoms with Crippen molar-refractivity contribution in [2.45, 2.75) is 0 Å². The van der Waals surface area contributed by atoms with Gasteiger partial charge in [0.1, 0.15) is 0 Å². The fourth-order valence-corrected chi connectivity index (χ4v) is 12.6. The zero-order valence-corrected chi connectivity index (χ0v) is 41.3. The molecule has 0 N–H and O–H groups in total. The van der Waals surface area contributed by atoms with E-state index in [0.29, 0.717) is 0 Å². The SMILES string of the molecule is c1ccc(-n2c3ccccc3c3cc(-c4ccc5c(c4)c4cc(-c6ccc7c(c6)c6ccccc6n7-c6ccccc6)cc(-c6ccc7c(c6)c6ccccc6n7-c6ccccc6)c4n5-c4ccccc4)ccc32)cc1. The number of hydrogen-bond donors (Lipinski definition) is 0. The molecule has 0 atom stereocenters. The van der Waals surface area contributed by atoms with E-state index >= 15 is 0 Å². The van der Waals surface area contributed by atoms with E-state index in [9.17, 15) is 0 Å². The van der Waals surface area contributed by atoms with E-state index < -0.39 is 0 Å². The van der Waals surface area contributed by atoms with Crippen LogP contribution in [0.15, 0.2) is 279 Å². The largest absolute Gasteiger partial charge is 0.309 e. The highest BCUT2D eigenvalue weighted by Crippen LogP contribution is 2.46. The maximum absolute atomic E-state index is 2.50. The van der Waals surface area contributed by atoms with Crippen LogP contribution in [0.1, 0.15) is 0 Å². The van der Waals surface area contributed by atoms with Gasteiger partial charge in [-0.2, -0.15) is 0 Å². The van der Waals surface area contributed by atoms with Gasteiger partial charge in [-0.1, -0.05) is 152 Å². The van der Waals surface area contributed by atoms with E-state index in [-0.39, 0.29) is 0 Å². The molecule has 0 amide bonds. The zero-order valence-electron chi connectivity index (χ0n) is 41.3. The lowest BCUT2D eigenvalue weighted by Crippen LogP contribution is -1.96. The van der Waals surface area contributed by atoms with Crippen molar-refractivity contribution in [3.63, 3.8) is 0 Å². The second-order valence-corrected chi connectivity index (χ2v) is 20.1. The second-order valence-electron chi connectivity index (χ2n) is 20.1. The van der Waals surface area contributed by atoms with Crippen LogP contribution >= 0.6 is 0 Å². The molecule has 0 aliphatic carbocycles. The van der Waals surface area contributed by atoms with Gasteiger partial charge >= 0.3 is 0 Å². The van der Waals surface area contributed by atoms with Gasteiger partial charge in [-0.3, -0.25) is 0 Å². The highest BCUT2D eigenvalue weighted by Gasteiger charge is 2.23. The summed E-state index contributed by atoms with van der Waals surface area (Å²) in [6, 6.07) is 103. The Morgan fingerprint density at radius 3 is 0.855 bits per heavy atom. The Labute approximate surface area is 438 Å². The van der Waals surface area contributed by atoms with Crippen LogP contribution in [0.5, 0.6) is 0 Å². The molecular formula is C72H46N4. The molecule has 0 aliphatic heterocycles. The Kier molecular flexibility index (Phi) is 9.30. The Morgan fingerprint density at radius 2 is 0.447 bits per heavy atom. The Bertz CT molecular complexity index is 4960. The van der Waals surface area contributed by atoms with Gasteiger partial charge in [0.25, 0.3) is 0 Å². The molecule has 4 nitrogen and oxygen atoms in total. The highest BCUT2D eigenvalue weighted by atomic mass is 15.0. The zero-order chi connectivity index (χ0) is 49.8. The summed E-state index contributed by atoms with van der Waals surface area (Å²) in [7, 11) is 0. The van der Waals surface area contributed by atoms with E-state index in [0.717, 1.165) is 33.8 Å². The van der Waals surface area contributed by atoms with E-state index in [1.165, 1.54) is 110 Å². The first-order valence-electron chi connectivity index (χ1n) is 26.2. The number of rotatable bonds is 7. The van der Waals surface area contributed by atoms with Crippen LogP contribution in [0, 0.1) is 0 Å². The van der Waals surface area contributed by atoms with Crippen molar-refractivity contribution in [3.8, 4) is 56.1 Å². The monoisotopic (exact) mass is 966 g/mol. The normalized spacial score (nSPS) is 11.9. The van der Waals surface area contributed by atoms with E-state index in [1.54, 1.807) is 0 Å². The predicted octanol–water partition coefficient (Wildman–Crippen LogP) is 19.1. The third-order valence-corrected chi connectivity index (χ3v) is 15.9. The molecule has 76 heavy (non-hydrogen) atoms. The topological polar surface area (TPSA) is 19.7 Å². The van der Waals surface area contributed by atoms with Gasteiger partial charge < -0.3 is 18.3 Å². The van der Waals surface area contributed by atoms with Gasteiger partial charge in [0, 0.05) is 71.4 Å². The summed E-state index contributed by atoms with van der Waals surface area (Å²) in [5, 5.41) is 9.80. The van der Waals surface area contributed by atoms with Crippen LogP contribution in [0.2, 0.25) is 0 Å². The molecule has 0 fully saturated rings. The van der Waals surface area contributed by atoms with Gasteiger partial charge in [0.2, 0.25) is 0 Å². The van der Waals surface area contributed by atoms with Crippen LogP contribution in [0.3, 0.4) is 0 Å². The van der Waals surface area contributed by atoms with Crippen molar-refractivity contribution in [3.05, 3.63) is 279 Å². The van der Waals surface area contributed by atoms with Gasteiger partial charge in [-0.25, -0.2) is 0 Å². The average molecular weight is 967 g/mol. The first-order chi connectivity index (χ1) is 37.7. The second kappa shape index (κ2) is 16.7. The molecule has 4 heterocycles. The van der Waals surface area contributed by atoms with Crippen LogP contribution in [-0.4, -0.2) is 18.3 Å². The minimum atomic E-state index is 1.12. The fourth-order valence-electron chi connectivity index (χ4n) is 12.6. The number of benzene rings is 12. The molecule has 0 radical (unpaired) electrons. The van der Waals surface area contributed by atoms with E-state index in [1.807, 2.05) is 0 Å². The third kappa shape index (κ3) is 6.38. The summed E-state index contributed by atoms with van der Waals surface area (Å²) in [4.78, 5) is 0. The van der Waals surface area contributed by atoms with Crippen LogP contribution in [0.25, 0.3) is 143 Å². The van der Waals surface area contributed by atoms with Gasteiger partial charge in [-0.15, -0.1) is 0 Å². The van der Waals surface area contributed by atoms with Crippen molar-refractivity contribution in [2.24, 2.45) is 0 Å². The summed E-state index contributed by atoms with van der Waals surface area (Å²) in [6.45, 7) is 0. The van der Waals surface area contributed by atoms with Crippen LogP contribution < -0.4 is 0 Å². The Morgan fingerprint density at radius 1 is 0.171 bits per heavy atom. The lowest BCUT2D eigenvalue weighted by Gasteiger charge is -2.15. The fraction of sp³-hybridized carbons (Fsp3) is 0. The number of aromatic nitrogens is 4. The van der Waals surface area contributed by atoms with E-state index in [2.05, 4.69) is 297 Å². The van der Waals surface area contributed by atoms with E-state index in [4.69, 9.17) is 0 Å². The number of nitrogens with zero attached hydrogens (tertiary/aromatic N) is 4. The summed E-state index contributed by atoms with van der Waals surface area (Å²) < 4.78 is 9.69. The lowest BCUT2D eigenvalue weighted by atomic mass is 9.93. The summed E-state index contributed by atoms with van der Waals surface area (Å²) in [6.07, 6.45) is 0. The number of fused-ring (bicyclic) bond motifs is 12. The summed E-state index contributed by atoms with van der Waals surface area (Å²) in [5.74, 6) is 0. The molecule has 16 aromatic rings. The van der Waals surface area contributed by atoms with Crippen molar-refractivity contribution >= 4 is 87.2 Å². The van der Waals surface area contributed by atoms with Crippen molar-refractivity contribution in [2.75, 3.05) is 0 Å². The molecule has 0 saturated carbocycles. The standard InChI is InChI=1S/C72H46N4/c1-5-19-52(20-6-1)73-65-30-16-13-27-56(65)60-41-47(33-37-68(60)73)48-34-39-71-63(42-48)64-46-51(49-35-38-69-61(43-49)57-28-14-17-31-66(57)74(69)53-21-7-2-8-22-53)45-59(72(64)76(71)55-25-11-4-12-26-55)50-36-40-70-62(44-50)58-29-15-18-32-67(58)75(70)54-23-9-3-10-24-54/h1-46H. The molecule has 0 aliphatic rings. The lowest BCUT2D eigenvalue weighted by molar-refractivity contribution is 1.18. The van der Waals surface area contributed by atoms with Crippen molar-refractivity contribution in [1.29, 1.82) is 0 Å². The molecule has 4 heteroatoms. The Balaban J connectivity index is 0.978. The predicted molar refractivity (Wildman–Crippen MR) is 320 cm³/mol. The molecule has 0 bridgehead atoms. The molecule has 0 spiro atoms. The number of para-hydroxylation sites is 7.